The van der Waals surface area contributed by atoms with Gasteiger partial charge in [0, 0.05) is 10.9 Å². The first kappa shape index (κ1) is 18.9. The average molecular weight is 373 g/mol. The highest BCUT2D eigenvalue weighted by Crippen LogP contribution is 2.30. The lowest BCUT2D eigenvalue weighted by molar-refractivity contribution is -0.136. The van der Waals surface area contributed by atoms with E-state index in [0.717, 1.165) is 37.2 Å². The summed E-state index contributed by atoms with van der Waals surface area (Å²) in [7, 11) is 3.81. The molecule has 1 aromatic heterocycles. The lowest BCUT2D eigenvalue weighted by Gasteiger charge is -2.40. The summed E-state index contributed by atoms with van der Waals surface area (Å²) in [5.74, 6) is 1.03. The number of thiophene rings is 1. The summed E-state index contributed by atoms with van der Waals surface area (Å²) >= 11 is 1.73. The molecule has 140 valence electrons. The zero-order valence-corrected chi connectivity index (χ0v) is 16.7. The number of hydrogen-bond acceptors (Lipinski definition) is 4. The van der Waals surface area contributed by atoms with Gasteiger partial charge in [0.25, 0.3) is 0 Å². The Labute approximate surface area is 160 Å². The van der Waals surface area contributed by atoms with Crippen molar-refractivity contribution in [2.24, 2.45) is 0 Å². The van der Waals surface area contributed by atoms with Gasteiger partial charge in [-0.2, -0.15) is 0 Å². The number of carbonyl (C=O) groups is 1. The molecule has 5 heteroatoms. The van der Waals surface area contributed by atoms with E-state index in [2.05, 4.69) is 41.3 Å². The summed E-state index contributed by atoms with van der Waals surface area (Å²) in [6.07, 6.45) is 2.52. The molecule has 0 bridgehead atoms. The SMILES string of the molecule is COc1ccc(CC(=O)N(C2CCN(C)CC2)C(C)c2cccs2)cc1. The molecule has 0 spiro atoms. The highest BCUT2D eigenvalue weighted by molar-refractivity contribution is 7.10. The van der Waals surface area contributed by atoms with Gasteiger partial charge in [0.1, 0.15) is 5.75 Å². The Morgan fingerprint density at radius 3 is 2.54 bits per heavy atom. The van der Waals surface area contributed by atoms with E-state index in [9.17, 15) is 4.79 Å². The molecular formula is C21H28N2O2S. The van der Waals surface area contributed by atoms with Gasteiger partial charge >= 0.3 is 0 Å². The number of nitrogens with zero attached hydrogens (tertiary/aromatic N) is 2. The van der Waals surface area contributed by atoms with Crippen LogP contribution in [0.15, 0.2) is 41.8 Å². The Kier molecular flexibility index (Phi) is 6.33. The van der Waals surface area contributed by atoms with Crippen molar-refractivity contribution < 1.29 is 9.53 Å². The minimum Gasteiger partial charge on any atom is -0.497 e. The summed E-state index contributed by atoms with van der Waals surface area (Å²) in [6.45, 7) is 4.26. The van der Waals surface area contributed by atoms with Crippen LogP contribution in [0.25, 0.3) is 0 Å². The van der Waals surface area contributed by atoms with Gasteiger partial charge in [-0.3, -0.25) is 4.79 Å². The molecule has 4 nitrogen and oxygen atoms in total. The van der Waals surface area contributed by atoms with Crippen LogP contribution in [0, 0.1) is 0 Å². The van der Waals surface area contributed by atoms with Gasteiger partial charge in [0.05, 0.1) is 19.6 Å². The van der Waals surface area contributed by atoms with E-state index in [-0.39, 0.29) is 11.9 Å². The maximum atomic E-state index is 13.3. The molecule has 0 N–H and O–H groups in total. The van der Waals surface area contributed by atoms with E-state index < -0.39 is 0 Å². The number of rotatable bonds is 6. The van der Waals surface area contributed by atoms with Crippen LogP contribution in [-0.4, -0.2) is 49.0 Å². The van der Waals surface area contributed by atoms with Crippen LogP contribution < -0.4 is 4.74 Å². The van der Waals surface area contributed by atoms with Crippen molar-refractivity contribution in [1.29, 1.82) is 0 Å². The fraction of sp³-hybridized carbons (Fsp3) is 0.476. The second kappa shape index (κ2) is 8.69. The third-order valence-electron chi connectivity index (χ3n) is 5.26. The molecule has 2 heterocycles. The molecule has 0 radical (unpaired) electrons. The second-order valence-corrected chi connectivity index (χ2v) is 8.03. The number of amides is 1. The molecule has 0 saturated carbocycles. The summed E-state index contributed by atoms with van der Waals surface area (Å²) < 4.78 is 5.22. The predicted molar refractivity (Wildman–Crippen MR) is 107 cm³/mol. The van der Waals surface area contributed by atoms with E-state index >= 15 is 0 Å². The predicted octanol–water partition coefficient (Wildman–Crippen LogP) is 3.98. The van der Waals surface area contributed by atoms with Gasteiger partial charge < -0.3 is 14.5 Å². The first-order valence-corrected chi connectivity index (χ1v) is 10.1. The van der Waals surface area contributed by atoms with E-state index in [4.69, 9.17) is 4.74 Å². The number of benzene rings is 1. The zero-order valence-electron chi connectivity index (χ0n) is 15.9. The van der Waals surface area contributed by atoms with Crippen molar-refractivity contribution in [3.05, 3.63) is 52.2 Å². The van der Waals surface area contributed by atoms with Crippen LogP contribution in [0.1, 0.15) is 36.2 Å². The molecule has 1 aliphatic rings. The molecule has 1 unspecified atom stereocenters. The second-order valence-electron chi connectivity index (χ2n) is 7.05. The molecule has 1 aliphatic heterocycles. The molecule has 1 atom stereocenters. The fourth-order valence-corrected chi connectivity index (χ4v) is 4.47. The molecule has 1 aromatic carbocycles. The van der Waals surface area contributed by atoms with Crippen molar-refractivity contribution in [3.63, 3.8) is 0 Å². The molecular weight excluding hydrogens is 344 g/mol. The van der Waals surface area contributed by atoms with Gasteiger partial charge in [-0.25, -0.2) is 0 Å². The first-order valence-electron chi connectivity index (χ1n) is 9.24. The monoisotopic (exact) mass is 372 g/mol. The highest BCUT2D eigenvalue weighted by atomic mass is 32.1. The smallest absolute Gasteiger partial charge is 0.227 e. The van der Waals surface area contributed by atoms with Gasteiger partial charge in [-0.05, 0) is 69.0 Å². The Balaban J connectivity index is 1.78. The summed E-state index contributed by atoms with van der Waals surface area (Å²) in [4.78, 5) is 19.0. The molecule has 2 aromatic rings. The maximum absolute atomic E-state index is 13.3. The largest absolute Gasteiger partial charge is 0.497 e. The number of likely N-dealkylation sites (tertiary alicyclic amines) is 1. The van der Waals surface area contributed by atoms with Crippen molar-refractivity contribution in [1.82, 2.24) is 9.80 Å². The molecule has 1 fully saturated rings. The van der Waals surface area contributed by atoms with E-state index in [1.165, 1.54) is 4.88 Å². The Morgan fingerprint density at radius 2 is 1.96 bits per heavy atom. The van der Waals surface area contributed by atoms with Gasteiger partial charge in [0.2, 0.25) is 5.91 Å². The van der Waals surface area contributed by atoms with Gasteiger partial charge in [-0.15, -0.1) is 11.3 Å². The number of ether oxygens (including phenoxy) is 1. The van der Waals surface area contributed by atoms with Crippen LogP contribution in [0.2, 0.25) is 0 Å². The van der Waals surface area contributed by atoms with Gasteiger partial charge in [-0.1, -0.05) is 18.2 Å². The molecule has 1 saturated heterocycles. The Morgan fingerprint density at radius 1 is 1.27 bits per heavy atom. The standard InChI is InChI=1S/C21H28N2O2S/c1-16(20-5-4-14-26-20)23(18-10-12-22(2)13-11-18)21(24)15-17-6-8-19(25-3)9-7-17/h4-9,14,16,18H,10-13,15H2,1-3H3. The van der Waals surface area contributed by atoms with Crippen molar-refractivity contribution in [2.45, 2.75) is 38.3 Å². The van der Waals surface area contributed by atoms with E-state index in [1.807, 2.05) is 24.3 Å². The van der Waals surface area contributed by atoms with Crippen LogP contribution in [0.5, 0.6) is 5.75 Å². The lowest BCUT2D eigenvalue weighted by atomic mass is 9.99. The van der Waals surface area contributed by atoms with Gasteiger partial charge in [0.15, 0.2) is 0 Å². The summed E-state index contributed by atoms with van der Waals surface area (Å²) in [5.41, 5.74) is 1.03. The topological polar surface area (TPSA) is 32.8 Å². The van der Waals surface area contributed by atoms with E-state index in [0.29, 0.717) is 12.5 Å². The third kappa shape index (κ3) is 4.46. The van der Waals surface area contributed by atoms with Crippen LogP contribution in [0.3, 0.4) is 0 Å². The number of hydrogen-bond donors (Lipinski definition) is 0. The Bertz CT molecular complexity index is 691. The van der Waals surface area contributed by atoms with Crippen molar-refractivity contribution in [2.75, 3.05) is 27.2 Å². The molecule has 0 aliphatic carbocycles. The number of carbonyl (C=O) groups excluding carboxylic acids is 1. The number of methoxy groups -OCH3 is 1. The molecule has 3 rings (SSSR count). The maximum Gasteiger partial charge on any atom is 0.227 e. The van der Waals surface area contributed by atoms with Crippen molar-refractivity contribution in [3.8, 4) is 5.75 Å². The number of piperidine rings is 1. The summed E-state index contributed by atoms with van der Waals surface area (Å²) in [5, 5.41) is 2.09. The lowest BCUT2D eigenvalue weighted by Crippen LogP contribution is -2.48. The minimum atomic E-state index is 0.120. The highest BCUT2D eigenvalue weighted by Gasteiger charge is 2.31. The fourth-order valence-electron chi connectivity index (χ4n) is 3.68. The zero-order chi connectivity index (χ0) is 18.5. The first-order chi connectivity index (χ1) is 12.6. The average Bonchev–Trinajstić information content (AvgIpc) is 3.19. The van der Waals surface area contributed by atoms with Crippen molar-refractivity contribution >= 4 is 17.2 Å². The summed E-state index contributed by atoms with van der Waals surface area (Å²) in [6, 6.07) is 12.5. The molecule has 26 heavy (non-hydrogen) atoms. The van der Waals surface area contributed by atoms with Crippen LogP contribution >= 0.6 is 11.3 Å². The van der Waals surface area contributed by atoms with Crippen LogP contribution in [0.4, 0.5) is 0 Å². The Hall–Kier alpha value is -1.85. The quantitative estimate of drug-likeness (QED) is 0.769. The normalized spacial score (nSPS) is 17.0. The minimum absolute atomic E-state index is 0.120. The molecule has 1 amide bonds. The van der Waals surface area contributed by atoms with Crippen LogP contribution in [-0.2, 0) is 11.2 Å². The van der Waals surface area contributed by atoms with E-state index in [1.54, 1.807) is 18.4 Å². The third-order valence-corrected chi connectivity index (χ3v) is 6.30.